The van der Waals surface area contributed by atoms with E-state index in [2.05, 4.69) is 116 Å². The summed E-state index contributed by atoms with van der Waals surface area (Å²) < 4.78 is 8.66. The van der Waals surface area contributed by atoms with Crippen molar-refractivity contribution < 1.29 is 4.42 Å². The molecule has 2 nitrogen and oxygen atoms in total. The summed E-state index contributed by atoms with van der Waals surface area (Å²) in [5, 5.41) is 1.17. The zero-order chi connectivity index (χ0) is 23.1. The largest absolute Gasteiger partial charge is 0.455 e. The lowest BCUT2D eigenvalue weighted by molar-refractivity contribution is 0.598. The molecule has 6 rings (SSSR count). The quantitative estimate of drug-likeness (QED) is 0.225. The van der Waals surface area contributed by atoms with Crippen LogP contribution in [0.1, 0.15) is 0 Å². The molecule has 0 atom stereocenters. The molecule has 34 heavy (non-hydrogen) atoms. The molecular formula is C30H19Br2NO. The highest BCUT2D eigenvalue weighted by Crippen LogP contribution is 2.46. The molecule has 0 spiro atoms. The highest BCUT2D eigenvalue weighted by Gasteiger charge is 2.23. The van der Waals surface area contributed by atoms with Crippen LogP contribution < -0.4 is 0 Å². The molecule has 0 fully saturated rings. The normalized spacial score (nSPS) is 11.2. The second-order valence-electron chi connectivity index (χ2n) is 8.15. The van der Waals surface area contributed by atoms with E-state index in [1.807, 2.05) is 30.3 Å². The van der Waals surface area contributed by atoms with Gasteiger partial charge < -0.3 is 9.40 Å². The molecular weight excluding hydrogens is 550 g/mol. The van der Waals surface area contributed by atoms with Gasteiger partial charge in [-0.15, -0.1) is 0 Å². The summed E-state index contributed by atoms with van der Waals surface area (Å²) in [6.45, 7) is 0. The van der Waals surface area contributed by atoms with Crippen molar-refractivity contribution in [1.82, 2.24) is 4.98 Å². The molecule has 0 aliphatic carbocycles. The van der Waals surface area contributed by atoms with Gasteiger partial charge in [0, 0.05) is 42.1 Å². The summed E-state index contributed by atoms with van der Waals surface area (Å²) in [5.41, 5.74) is 7.61. The summed E-state index contributed by atoms with van der Waals surface area (Å²) >= 11 is 7.09. The first-order valence-corrected chi connectivity index (χ1v) is 12.6. The van der Waals surface area contributed by atoms with Crippen molar-refractivity contribution in [2.75, 3.05) is 0 Å². The maximum Gasteiger partial charge on any atom is 0.142 e. The fourth-order valence-electron chi connectivity index (χ4n) is 4.39. The molecule has 2 heterocycles. The van der Waals surface area contributed by atoms with Crippen LogP contribution in [0, 0.1) is 0 Å². The van der Waals surface area contributed by atoms with Crippen LogP contribution >= 0.6 is 31.9 Å². The Hall–Kier alpha value is -3.34. The molecule has 0 saturated carbocycles. The number of nitrogens with one attached hydrogen (secondary N) is 1. The lowest BCUT2D eigenvalue weighted by Gasteiger charge is -2.07. The Morgan fingerprint density at radius 3 is 1.91 bits per heavy atom. The van der Waals surface area contributed by atoms with Crippen LogP contribution in [0.5, 0.6) is 0 Å². The van der Waals surface area contributed by atoms with Crippen LogP contribution in [-0.2, 0) is 0 Å². The third-order valence-corrected chi connectivity index (χ3v) is 7.06. The minimum absolute atomic E-state index is 0.838. The number of H-pyrrole nitrogens is 1. The molecule has 0 amide bonds. The van der Waals surface area contributed by atoms with E-state index in [9.17, 15) is 0 Å². The molecule has 4 aromatic carbocycles. The molecule has 164 valence electrons. The van der Waals surface area contributed by atoms with Gasteiger partial charge in [-0.05, 0) is 42.0 Å². The summed E-state index contributed by atoms with van der Waals surface area (Å²) in [4.78, 5) is 3.67. The van der Waals surface area contributed by atoms with E-state index in [0.717, 1.165) is 59.5 Å². The van der Waals surface area contributed by atoms with Gasteiger partial charge in [-0.25, -0.2) is 0 Å². The second-order valence-corrected chi connectivity index (χ2v) is 9.99. The van der Waals surface area contributed by atoms with E-state index >= 15 is 0 Å². The molecule has 0 aliphatic heterocycles. The predicted molar refractivity (Wildman–Crippen MR) is 148 cm³/mol. The number of hydrogen-bond donors (Lipinski definition) is 1. The maximum absolute atomic E-state index is 6.59. The number of benzene rings is 4. The zero-order valence-electron chi connectivity index (χ0n) is 18.1. The van der Waals surface area contributed by atoms with Crippen LogP contribution in [0.25, 0.3) is 55.9 Å². The van der Waals surface area contributed by atoms with Gasteiger partial charge in [0.05, 0.1) is 5.69 Å². The smallest absolute Gasteiger partial charge is 0.142 e. The van der Waals surface area contributed by atoms with Crippen molar-refractivity contribution in [2.45, 2.75) is 0 Å². The van der Waals surface area contributed by atoms with Crippen molar-refractivity contribution in [3.63, 3.8) is 0 Å². The van der Waals surface area contributed by atoms with E-state index in [1.165, 1.54) is 5.39 Å². The summed E-state index contributed by atoms with van der Waals surface area (Å²) in [6.07, 6.45) is 0. The predicted octanol–water partition coefficient (Wildman–Crippen LogP) is 9.95. The Kier molecular flexibility index (Phi) is 5.48. The number of rotatable bonds is 4. The monoisotopic (exact) mass is 567 g/mol. The lowest BCUT2D eigenvalue weighted by atomic mass is 9.96. The van der Waals surface area contributed by atoms with Crippen LogP contribution in [0.3, 0.4) is 0 Å². The number of hydrogen-bond acceptors (Lipinski definition) is 1. The average molecular weight is 569 g/mol. The van der Waals surface area contributed by atoms with Gasteiger partial charge in [0.15, 0.2) is 0 Å². The summed E-state index contributed by atoms with van der Waals surface area (Å²) in [7, 11) is 0. The first-order chi connectivity index (χ1) is 16.7. The molecule has 4 heteroatoms. The Balaban J connectivity index is 1.66. The SMILES string of the molecule is Brc1ccc(-c2cc(-c3c(-c4ccccc4)[nH]c4ccccc34)c(-c3ccc(Br)cc3)o2)cc1. The van der Waals surface area contributed by atoms with E-state index in [0.29, 0.717) is 0 Å². The first kappa shape index (κ1) is 21.2. The molecule has 1 N–H and O–H groups in total. The standard InChI is InChI=1S/C30H19Br2NO/c31-22-14-10-19(11-15-22)27-18-25(30(34-27)21-12-16-23(32)17-13-21)28-24-8-4-5-9-26(24)33-29(28)20-6-2-1-3-7-20/h1-18,33H. The topological polar surface area (TPSA) is 28.9 Å². The highest BCUT2D eigenvalue weighted by atomic mass is 79.9. The maximum atomic E-state index is 6.59. The molecule has 0 aliphatic rings. The third-order valence-electron chi connectivity index (χ3n) is 6.01. The Morgan fingerprint density at radius 2 is 1.21 bits per heavy atom. The van der Waals surface area contributed by atoms with Crippen LogP contribution in [0.4, 0.5) is 0 Å². The Labute approximate surface area is 214 Å². The minimum Gasteiger partial charge on any atom is -0.455 e. The van der Waals surface area contributed by atoms with Crippen molar-refractivity contribution in [3.8, 4) is 45.0 Å². The number of furan rings is 1. The number of para-hydroxylation sites is 1. The van der Waals surface area contributed by atoms with Gasteiger partial charge in [-0.2, -0.15) is 0 Å². The van der Waals surface area contributed by atoms with E-state index in [1.54, 1.807) is 0 Å². The van der Waals surface area contributed by atoms with Crippen molar-refractivity contribution in [1.29, 1.82) is 0 Å². The van der Waals surface area contributed by atoms with E-state index in [4.69, 9.17) is 4.42 Å². The Bertz CT molecular complexity index is 1590. The van der Waals surface area contributed by atoms with Crippen LogP contribution in [0.15, 0.2) is 123 Å². The van der Waals surface area contributed by atoms with Gasteiger partial charge >= 0.3 is 0 Å². The molecule has 6 aromatic rings. The van der Waals surface area contributed by atoms with Gasteiger partial charge in [0.1, 0.15) is 11.5 Å². The van der Waals surface area contributed by atoms with E-state index < -0.39 is 0 Å². The molecule has 0 radical (unpaired) electrons. The van der Waals surface area contributed by atoms with Crippen molar-refractivity contribution in [3.05, 3.63) is 118 Å². The molecule has 2 aromatic heterocycles. The van der Waals surface area contributed by atoms with Gasteiger partial charge in [-0.1, -0.05) is 105 Å². The number of aromatic amines is 1. The number of halogens is 2. The van der Waals surface area contributed by atoms with Crippen LogP contribution in [-0.4, -0.2) is 4.98 Å². The fraction of sp³-hybridized carbons (Fsp3) is 0. The summed E-state index contributed by atoms with van der Waals surface area (Å²) in [6, 6.07) is 37.6. The van der Waals surface area contributed by atoms with E-state index in [-0.39, 0.29) is 0 Å². The third kappa shape index (κ3) is 3.83. The van der Waals surface area contributed by atoms with Crippen molar-refractivity contribution in [2.24, 2.45) is 0 Å². The number of aromatic nitrogens is 1. The van der Waals surface area contributed by atoms with Crippen molar-refractivity contribution >= 4 is 42.8 Å². The number of fused-ring (bicyclic) bond motifs is 1. The summed E-state index contributed by atoms with van der Waals surface area (Å²) in [5.74, 6) is 1.69. The second kappa shape index (κ2) is 8.79. The highest BCUT2D eigenvalue weighted by molar-refractivity contribution is 9.10. The average Bonchev–Trinajstić information content (AvgIpc) is 3.47. The van der Waals surface area contributed by atoms with Crippen LogP contribution in [0.2, 0.25) is 0 Å². The molecule has 0 unspecified atom stereocenters. The Morgan fingerprint density at radius 1 is 0.588 bits per heavy atom. The van der Waals surface area contributed by atoms with Gasteiger partial charge in [0.2, 0.25) is 0 Å². The minimum atomic E-state index is 0.838. The van der Waals surface area contributed by atoms with Gasteiger partial charge in [0.25, 0.3) is 0 Å². The lowest BCUT2D eigenvalue weighted by Crippen LogP contribution is -1.84. The molecule has 0 bridgehead atoms. The zero-order valence-corrected chi connectivity index (χ0v) is 21.2. The first-order valence-electron chi connectivity index (χ1n) is 11.0. The molecule has 0 saturated heterocycles. The van der Waals surface area contributed by atoms with Gasteiger partial charge in [-0.3, -0.25) is 0 Å². The fourth-order valence-corrected chi connectivity index (χ4v) is 4.92.